The molecule has 8 nitrogen and oxygen atoms in total. The van der Waals surface area contributed by atoms with Crippen LogP contribution in [-0.4, -0.2) is 39.2 Å². The first kappa shape index (κ1) is 24.3. The molecule has 4 rings (SSSR count). The van der Waals surface area contributed by atoms with E-state index < -0.39 is 10.0 Å². The summed E-state index contributed by atoms with van der Waals surface area (Å²) in [6.45, 7) is 2.68. The first-order valence-corrected chi connectivity index (χ1v) is 13.2. The highest BCUT2D eigenvalue weighted by molar-refractivity contribution is 7.92. The van der Waals surface area contributed by atoms with E-state index in [-0.39, 0.29) is 5.91 Å². The lowest BCUT2D eigenvalue weighted by Crippen LogP contribution is -2.24. The number of hydrogen-bond donors (Lipinski definition) is 3. The fraction of sp³-hybridized carbons (Fsp3) is 0.231. The summed E-state index contributed by atoms with van der Waals surface area (Å²) in [5, 5.41) is 8.08. The van der Waals surface area contributed by atoms with Crippen LogP contribution >= 0.6 is 0 Å². The number of hydrogen-bond acceptors (Lipinski definition) is 6. The van der Waals surface area contributed by atoms with Gasteiger partial charge in [-0.1, -0.05) is 43.7 Å². The molecular formula is C26H28N4O4S. The molecule has 1 amide bonds. The van der Waals surface area contributed by atoms with Crippen molar-refractivity contribution in [2.45, 2.75) is 19.8 Å². The largest absolute Gasteiger partial charge is 0.494 e. The maximum absolute atomic E-state index is 12.9. The lowest BCUT2D eigenvalue weighted by Gasteiger charge is -2.17. The number of anilines is 3. The Morgan fingerprint density at radius 2 is 1.80 bits per heavy atom. The SMILES string of the molecule is CCCCNC(=O)c1cccc2c(Nc3ccc(NS(C)(=O)=O)cc3OC)c3ccccc3nc12. The number of para-hydroxylation sites is 2. The van der Waals surface area contributed by atoms with E-state index in [1.807, 2.05) is 36.4 Å². The van der Waals surface area contributed by atoms with Crippen molar-refractivity contribution in [1.82, 2.24) is 10.3 Å². The van der Waals surface area contributed by atoms with Crippen LogP contribution < -0.4 is 20.1 Å². The van der Waals surface area contributed by atoms with Gasteiger partial charge in [0.1, 0.15) is 5.75 Å². The second-order valence-electron chi connectivity index (χ2n) is 8.23. The zero-order chi connectivity index (χ0) is 25.0. The molecule has 0 saturated carbocycles. The first-order valence-electron chi connectivity index (χ1n) is 11.3. The molecule has 0 fully saturated rings. The van der Waals surface area contributed by atoms with Crippen LogP contribution in [0.15, 0.2) is 60.7 Å². The third kappa shape index (κ3) is 5.46. The molecule has 182 valence electrons. The number of benzene rings is 3. The Labute approximate surface area is 204 Å². The van der Waals surface area contributed by atoms with Crippen molar-refractivity contribution in [3.05, 3.63) is 66.2 Å². The Morgan fingerprint density at radius 1 is 1.03 bits per heavy atom. The summed E-state index contributed by atoms with van der Waals surface area (Å²) in [6.07, 6.45) is 2.99. The number of aromatic nitrogens is 1. The molecule has 1 aromatic heterocycles. The number of sulfonamides is 1. The van der Waals surface area contributed by atoms with E-state index >= 15 is 0 Å². The van der Waals surface area contributed by atoms with Crippen molar-refractivity contribution < 1.29 is 17.9 Å². The van der Waals surface area contributed by atoms with Crippen LogP contribution in [0, 0.1) is 0 Å². The van der Waals surface area contributed by atoms with Crippen LogP contribution in [0.4, 0.5) is 17.1 Å². The number of nitrogens with zero attached hydrogens (tertiary/aromatic N) is 1. The molecule has 3 N–H and O–H groups in total. The van der Waals surface area contributed by atoms with Crippen molar-refractivity contribution in [3.63, 3.8) is 0 Å². The highest BCUT2D eigenvalue weighted by Gasteiger charge is 2.17. The van der Waals surface area contributed by atoms with Crippen LogP contribution in [-0.2, 0) is 10.0 Å². The Morgan fingerprint density at radius 3 is 2.54 bits per heavy atom. The highest BCUT2D eigenvalue weighted by Crippen LogP contribution is 2.37. The van der Waals surface area contributed by atoms with Gasteiger partial charge in [-0.15, -0.1) is 0 Å². The molecule has 0 aliphatic heterocycles. The average molecular weight is 493 g/mol. The molecule has 0 atom stereocenters. The van der Waals surface area contributed by atoms with Crippen LogP contribution in [0.1, 0.15) is 30.1 Å². The Balaban J connectivity index is 1.84. The monoisotopic (exact) mass is 492 g/mol. The molecule has 0 radical (unpaired) electrons. The number of carbonyl (C=O) groups is 1. The van der Waals surface area contributed by atoms with Gasteiger partial charge in [0, 0.05) is 23.4 Å². The first-order chi connectivity index (χ1) is 16.8. The molecule has 0 unspecified atom stereocenters. The quantitative estimate of drug-likeness (QED) is 0.223. The molecule has 0 aliphatic carbocycles. The molecule has 0 aliphatic rings. The number of fused-ring (bicyclic) bond motifs is 2. The number of unbranched alkanes of at least 4 members (excludes halogenated alkanes) is 1. The Kier molecular flexibility index (Phi) is 7.07. The van der Waals surface area contributed by atoms with E-state index in [1.165, 1.54) is 7.11 Å². The summed E-state index contributed by atoms with van der Waals surface area (Å²) in [4.78, 5) is 17.8. The van der Waals surface area contributed by atoms with Gasteiger partial charge in [0.25, 0.3) is 5.91 Å². The average Bonchev–Trinajstić information content (AvgIpc) is 2.83. The van der Waals surface area contributed by atoms with Crippen molar-refractivity contribution in [2.75, 3.05) is 29.9 Å². The zero-order valence-corrected chi connectivity index (χ0v) is 20.7. The molecule has 35 heavy (non-hydrogen) atoms. The number of ether oxygens (including phenoxy) is 1. The van der Waals surface area contributed by atoms with E-state index in [2.05, 4.69) is 22.3 Å². The molecule has 4 aromatic rings. The maximum atomic E-state index is 12.9. The van der Waals surface area contributed by atoms with Crippen LogP contribution in [0.5, 0.6) is 5.75 Å². The van der Waals surface area contributed by atoms with Gasteiger partial charge >= 0.3 is 0 Å². The minimum absolute atomic E-state index is 0.161. The standard InChI is InChI=1S/C26H28N4O4S/c1-4-5-15-27-26(31)20-11-8-10-19-24(18-9-6-7-12-21(18)28-25(19)20)29-22-14-13-17(16-23(22)34-2)30-35(3,32)33/h6-14,16,30H,4-5,15H2,1-3H3,(H,27,31)(H,28,29). The van der Waals surface area contributed by atoms with Crippen molar-refractivity contribution in [3.8, 4) is 5.75 Å². The third-order valence-corrected chi connectivity index (χ3v) is 6.14. The van der Waals surface area contributed by atoms with Crippen molar-refractivity contribution >= 4 is 54.8 Å². The summed E-state index contributed by atoms with van der Waals surface area (Å²) < 4.78 is 31.3. The fourth-order valence-corrected chi connectivity index (χ4v) is 4.47. The maximum Gasteiger partial charge on any atom is 0.253 e. The van der Waals surface area contributed by atoms with Crippen LogP contribution in [0.25, 0.3) is 21.8 Å². The Hall–Kier alpha value is -3.85. The minimum Gasteiger partial charge on any atom is -0.494 e. The molecular weight excluding hydrogens is 464 g/mol. The van der Waals surface area contributed by atoms with Gasteiger partial charge in [-0.25, -0.2) is 13.4 Å². The number of pyridine rings is 1. The van der Waals surface area contributed by atoms with E-state index in [0.29, 0.717) is 34.7 Å². The second kappa shape index (κ2) is 10.2. The third-order valence-electron chi connectivity index (χ3n) is 5.54. The van der Waals surface area contributed by atoms with Crippen molar-refractivity contribution in [2.24, 2.45) is 0 Å². The predicted octanol–water partition coefficient (Wildman–Crippen LogP) is 5.04. The number of carbonyl (C=O) groups excluding carboxylic acids is 1. The molecule has 0 spiro atoms. The molecule has 3 aromatic carbocycles. The molecule has 0 bridgehead atoms. The lowest BCUT2D eigenvalue weighted by molar-refractivity contribution is 0.0954. The van der Waals surface area contributed by atoms with Crippen LogP contribution in [0.3, 0.4) is 0 Å². The van der Waals surface area contributed by atoms with Gasteiger partial charge in [0.15, 0.2) is 0 Å². The lowest BCUT2D eigenvalue weighted by atomic mass is 10.0. The smallest absolute Gasteiger partial charge is 0.253 e. The van der Waals surface area contributed by atoms with E-state index in [0.717, 1.165) is 41.1 Å². The normalized spacial score (nSPS) is 11.4. The number of amides is 1. The molecule has 1 heterocycles. The number of nitrogens with one attached hydrogen (secondary N) is 3. The summed E-state index contributed by atoms with van der Waals surface area (Å²) in [7, 11) is -1.91. The summed E-state index contributed by atoms with van der Waals surface area (Å²) in [5.74, 6) is 0.299. The summed E-state index contributed by atoms with van der Waals surface area (Å²) >= 11 is 0. The fourth-order valence-electron chi connectivity index (χ4n) is 3.91. The van der Waals surface area contributed by atoms with Crippen LogP contribution in [0.2, 0.25) is 0 Å². The van der Waals surface area contributed by atoms with Gasteiger partial charge in [-0.2, -0.15) is 0 Å². The molecule has 0 saturated heterocycles. The zero-order valence-electron chi connectivity index (χ0n) is 19.9. The number of methoxy groups -OCH3 is 1. The van der Waals surface area contributed by atoms with E-state index in [4.69, 9.17) is 9.72 Å². The topological polar surface area (TPSA) is 109 Å². The Bertz CT molecular complexity index is 1500. The second-order valence-corrected chi connectivity index (χ2v) is 9.98. The predicted molar refractivity (Wildman–Crippen MR) is 141 cm³/mol. The van der Waals surface area contributed by atoms with Gasteiger partial charge < -0.3 is 15.4 Å². The van der Waals surface area contributed by atoms with Gasteiger partial charge in [-0.05, 0) is 30.7 Å². The number of rotatable bonds is 9. The minimum atomic E-state index is -3.43. The van der Waals surface area contributed by atoms with Gasteiger partial charge in [0.2, 0.25) is 10.0 Å². The van der Waals surface area contributed by atoms with E-state index in [9.17, 15) is 13.2 Å². The highest BCUT2D eigenvalue weighted by atomic mass is 32.2. The summed E-state index contributed by atoms with van der Waals surface area (Å²) in [5.41, 5.74) is 3.65. The van der Waals surface area contributed by atoms with Gasteiger partial charge in [-0.3, -0.25) is 9.52 Å². The van der Waals surface area contributed by atoms with E-state index in [1.54, 1.807) is 24.3 Å². The van der Waals surface area contributed by atoms with Gasteiger partial charge in [0.05, 0.1) is 47.0 Å². The molecule has 9 heteroatoms. The summed E-state index contributed by atoms with van der Waals surface area (Å²) in [6, 6.07) is 18.3. The van der Waals surface area contributed by atoms with Crippen molar-refractivity contribution in [1.29, 1.82) is 0 Å².